The normalized spacial score (nSPS) is 11.6. The van der Waals surface area contributed by atoms with Crippen LogP contribution in [0.15, 0.2) is 47.4 Å². The second-order valence-electron chi connectivity index (χ2n) is 9.41. The van der Waals surface area contributed by atoms with Crippen molar-refractivity contribution in [3.63, 3.8) is 0 Å². The maximum absolute atomic E-state index is 15.9. The Morgan fingerprint density at radius 3 is 2.44 bits per heavy atom. The van der Waals surface area contributed by atoms with Crippen LogP contribution in [-0.4, -0.2) is 86.1 Å². The van der Waals surface area contributed by atoms with E-state index in [1.807, 2.05) is 0 Å². The number of hydrogen-bond donors (Lipinski definition) is 7. The first-order valence-corrected chi connectivity index (χ1v) is 13.7. The van der Waals surface area contributed by atoms with Gasteiger partial charge in [0.2, 0.25) is 0 Å². The number of nitrogens with one attached hydrogen (secondary N) is 4. The van der Waals surface area contributed by atoms with Gasteiger partial charge in [-0.2, -0.15) is 23.0 Å². The van der Waals surface area contributed by atoms with Crippen molar-refractivity contribution < 1.29 is 51.6 Å². The molecule has 0 aliphatic carbocycles. The number of aromatic amines is 2. The van der Waals surface area contributed by atoms with Crippen molar-refractivity contribution in [1.29, 1.82) is 5.41 Å². The number of aliphatic hydroxyl groups excluding tert-OH is 1. The largest absolute Gasteiger partial charge is 0.497 e. The number of hydrogen-bond acceptors (Lipinski definition) is 11. The van der Waals surface area contributed by atoms with Gasteiger partial charge in [0.1, 0.15) is 23.2 Å². The van der Waals surface area contributed by atoms with E-state index in [-0.39, 0.29) is 66.3 Å². The molecule has 4 aromatic rings. The number of amidine groups is 1. The predicted molar refractivity (Wildman–Crippen MR) is 159 cm³/mol. The van der Waals surface area contributed by atoms with E-state index >= 15 is 4.39 Å². The van der Waals surface area contributed by atoms with Crippen LogP contribution in [0.3, 0.4) is 0 Å². The number of rotatable bonds is 13. The number of aromatic nitrogens is 5. The summed E-state index contributed by atoms with van der Waals surface area (Å²) in [6.45, 7) is 1.65. The van der Waals surface area contributed by atoms with Gasteiger partial charge in [-0.05, 0) is 37.3 Å². The summed E-state index contributed by atoms with van der Waals surface area (Å²) in [6, 6.07) is 8.14. The highest BCUT2D eigenvalue weighted by atomic mass is 19.4. The fraction of sp³-hybridized carbons (Fsp3) is 0.286. The Balaban J connectivity index is 0.000000804. The molecule has 258 valence electrons. The number of carbonyl (C=O) groups excluding carboxylic acids is 1. The van der Waals surface area contributed by atoms with Crippen molar-refractivity contribution in [3.8, 4) is 17.3 Å². The summed E-state index contributed by atoms with van der Waals surface area (Å²) in [5, 5.41) is 37.7. The van der Waals surface area contributed by atoms with Crippen LogP contribution in [0.5, 0.6) is 11.5 Å². The van der Waals surface area contributed by atoms with Gasteiger partial charge < -0.3 is 35.5 Å². The summed E-state index contributed by atoms with van der Waals surface area (Å²) in [5.41, 5.74) is 5.76. The van der Waals surface area contributed by atoms with E-state index in [9.17, 15) is 22.8 Å². The molecule has 4 rings (SSSR count). The maximum atomic E-state index is 15.9. The lowest BCUT2D eigenvalue weighted by molar-refractivity contribution is -0.192. The Hall–Kier alpha value is -5.92. The van der Waals surface area contributed by atoms with Crippen LogP contribution in [0, 0.1) is 11.2 Å². The molecule has 1 unspecified atom stereocenters. The highest BCUT2D eigenvalue weighted by Crippen LogP contribution is 2.35. The number of carbonyl (C=O) groups is 2. The fourth-order valence-electron chi connectivity index (χ4n) is 3.90. The van der Waals surface area contributed by atoms with Crippen molar-refractivity contribution in [2.24, 2.45) is 5.73 Å². The molecule has 0 fully saturated rings. The van der Waals surface area contributed by atoms with Gasteiger partial charge in [0.25, 0.3) is 0 Å². The van der Waals surface area contributed by atoms with Crippen molar-refractivity contribution in [1.82, 2.24) is 25.0 Å². The van der Waals surface area contributed by atoms with Gasteiger partial charge in [-0.15, -0.1) is 5.10 Å². The molecule has 2 heterocycles. The molecule has 0 radical (unpaired) electrons. The maximum Gasteiger partial charge on any atom is 0.490 e. The van der Waals surface area contributed by atoms with Crippen LogP contribution in [0.25, 0.3) is 5.82 Å². The van der Waals surface area contributed by atoms with Gasteiger partial charge in [-0.3, -0.25) is 15.5 Å². The molecule has 0 bridgehead atoms. The molecular formula is C28H30F4N8O8. The number of H-pyrrole nitrogens is 2. The third-order valence-corrected chi connectivity index (χ3v) is 6.13. The number of carboxylic acids is 1. The summed E-state index contributed by atoms with van der Waals surface area (Å²) < 4.78 is 64.5. The Labute approximate surface area is 267 Å². The number of benzene rings is 2. The number of esters is 1. The SMILES string of the molecule is CCOC(=O)c1cn[nH]c1-n1nc(C(Nc2ccc(C(=N)N)cc2)c2cc(OC)cc(OCCCO)c2F)[nH]c1=O.O=C(O)C(F)(F)F. The summed E-state index contributed by atoms with van der Waals surface area (Å²) >= 11 is 0. The molecule has 16 nitrogen and oxygen atoms in total. The molecule has 8 N–H and O–H groups in total. The summed E-state index contributed by atoms with van der Waals surface area (Å²) in [6.07, 6.45) is -3.60. The van der Waals surface area contributed by atoms with Crippen LogP contribution < -0.4 is 26.2 Å². The van der Waals surface area contributed by atoms with Crippen LogP contribution >= 0.6 is 0 Å². The lowest BCUT2D eigenvalue weighted by Crippen LogP contribution is -2.21. The van der Waals surface area contributed by atoms with Crippen LogP contribution in [-0.2, 0) is 9.53 Å². The van der Waals surface area contributed by atoms with Crippen molar-refractivity contribution >= 4 is 23.5 Å². The van der Waals surface area contributed by atoms with E-state index in [1.54, 1.807) is 31.2 Å². The lowest BCUT2D eigenvalue weighted by Gasteiger charge is -2.21. The van der Waals surface area contributed by atoms with E-state index in [4.69, 9.17) is 40.4 Å². The first kappa shape index (κ1) is 36.5. The molecule has 20 heteroatoms. The van der Waals surface area contributed by atoms with E-state index < -0.39 is 35.7 Å². The molecule has 0 amide bonds. The van der Waals surface area contributed by atoms with Crippen molar-refractivity contribution in [3.05, 3.63) is 81.4 Å². The highest BCUT2D eigenvalue weighted by Gasteiger charge is 2.38. The third kappa shape index (κ3) is 9.09. The van der Waals surface area contributed by atoms with E-state index in [0.29, 0.717) is 11.3 Å². The molecule has 48 heavy (non-hydrogen) atoms. The number of carboxylic acid groups (broad SMARTS) is 1. The smallest absolute Gasteiger partial charge is 0.490 e. The minimum Gasteiger partial charge on any atom is -0.497 e. The van der Waals surface area contributed by atoms with Gasteiger partial charge in [-0.25, -0.2) is 18.8 Å². The number of aliphatic carboxylic acids is 1. The number of nitrogen functional groups attached to an aromatic ring is 1. The number of nitrogens with two attached hydrogens (primary N) is 1. The second-order valence-corrected chi connectivity index (χ2v) is 9.41. The average Bonchev–Trinajstić information content (AvgIpc) is 3.68. The monoisotopic (exact) mass is 682 g/mol. The van der Waals surface area contributed by atoms with Gasteiger partial charge in [-0.1, -0.05) is 0 Å². The van der Waals surface area contributed by atoms with Crippen molar-refractivity contribution in [2.75, 3.05) is 32.2 Å². The van der Waals surface area contributed by atoms with Crippen LogP contribution in [0.1, 0.15) is 46.7 Å². The molecule has 2 aromatic heterocycles. The minimum atomic E-state index is -5.08. The first-order chi connectivity index (χ1) is 22.7. The Bertz CT molecular complexity index is 1790. The van der Waals surface area contributed by atoms with Gasteiger partial charge in [0, 0.05) is 35.9 Å². The zero-order valence-electron chi connectivity index (χ0n) is 25.2. The third-order valence-electron chi connectivity index (χ3n) is 6.13. The molecule has 2 aromatic carbocycles. The summed E-state index contributed by atoms with van der Waals surface area (Å²) in [4.78, 5) is 36.9. The molecule has 0 saturated heterocycles. The van der Waals surface area contributed by atoms with Crippen molar-refractivity contribution in [2.45, 2.75) is 25.6 Å². The van der Waals surface area contributed by atoms with Crippen LogP contribution in [0.4, 0.5) is 23.2 Å². The zero-order valence-corrected chi connectivity index (χ0v) is 25.2. The van der Waals surface area contributed by atoms with Gasteiger partial charge in [0.05, 0.1) is 26.5 Å². The predicted octanol–water partition coefficient (Wildman–Crippen LogP) is 2.49. The molecule has 0 aliphatic heterocycles. The molecule has 0 aliphatic rings. The van der Waals surface area contributed by atoms with Gasteiger partial charge in [0.15, 0.2) is 23.2 Å². The Morgan fingerprint density at radius 2 is 1.88 bits per heavy atom. The Kier molecular flexibility index (Phi) is 12.2. The molecule has 0 saturated carbocycles. The first-order valence-electron chi connectivity index (χ1n) is 13.7. The topological polar surface area (TPSA) is 244 Å². The zero-order chi connectivity index (χ0) is 35.6. The quantitative estimate of drug-likeness (QED) is 0.0354. The van der Waals surface area contributed by atoms with E-state index in [1.165, 1.54) is 25.4 Å². The highest BCUT2D eigenvalue weighted by molar-refractivity contribution is 5.95. The van der Waals surface area contributed by atoms with Crippen LogP contribution in [0.2, 0.25) is 0 Å². The number of halogens is 4. The standard InChI is InChI=1S/C26H29FN8O6.C2HF3O2/c1-3-40-25(37)18-13-30-33-24(18)35-26(38)32-23(34-35)21(31-15-7-5-14(6-8-15)22(28)29)17-11-16(39-2)12-19(20(17)27)41-10-4-9-36;3-2(4,5)1(6)7/h5-8,11-13,21,31,36H,3-4,9-10H2,1-2H3,(H3,28,29)(H,30,33)(H,32,34,38);(H,6,7). The average molecular weight is 683 g/mol. The Morgan fingerprint density at radius 1 is 1.21 bits per heavy atom. The fourth-order valence-corrected chi connectivity index (χ4v) is 3.90. The summed E-state index contributed by atoms with van der Waals surface area (Å²) in [5.74, 6) is -4.29. The number of anilines is 1. The van der Waals surface area contributed by atoms with Gasteiger partial charge >= 0.3 is 23.8 Å². The lowest BCUT2D eigenvalue weighted by atomic mass is 10.0. The molecular weight excluding hydrogens is 652 g/mol. The number of alkyl halides is 3. The molecule has 0 spiro atoms. The molecule has 1 atom stereocenters. The van der Waals surface area contributed by atoms with E-state index in [2.05, 4.69) is 25.6 Å². The number of nitrogens with zero attached hydrogens (tertiary/aromatic N) is 3. The minimum absolute atomic E-state index is 0.00937. The van der Waals surface area contributed by atoms with E-state index in [0.717, 1.165) is 4.68 Å². The second kappa shape index (κ2) is 16.1. The summed E-state index contributed by atoms with van der Waals surface area (Å²) in [7, 11) is 1.41. The number of aliphatic hydroxyl groups is 1. The number of ether oxygens (including phenoxy) is 3. The number of methoxy groups -OCH3 is 1.